The van der Waals surface area contributed by atoms with Crippen LogP contribution in [-0.4, -0.2) is 25.5 Å². The Balaban J connectivity index is 1.97. The summed E-state index contributed by atoms with van der Waals surface area (Å²) in [6.45, 7) is 5.31. The van der Waals surface area contributed by atoms with Gasteiger partial charge < -0.3 is 10.1 Å². The van der Waals surface area contributed by atoms with Crippen LogP contribution in [-0.2, 0) is 4.74 Å². The monoisotopic (exact) mass is 425 g/mol. The van der Waals surface area contributed by atoms with E-state index in [1.807, 2.05) is 11.8 Å². The topological polar surface area (TPSA) is 21.3 Å². The van der Waals surface area contributed by atoms with E-state index in [4.69, 9.17) is 4.74 Å². The molecule has 0 aliphatic rings. The van der Waals surface area contributed by atoms with Crippen LogP contribution in [0.25, 0.3) is 0 Å². The van der Waals surface area contributed by atoms with Crippen LogP contribution in [0.4, 0.5) is 0 Å². The minimum Gasteiger partial charge on any atom is -0.383 e. The molecule has 1 N–H and O–H groups in total. The molecule has 0 aromatic heterocycles. The van der Waals surface area contributed by atoms with Crippen molar-refractivity contribution in [1.29, 1.82) is 0 Å². The summed E-state index contributed by atoms with van der Waals surface area (Å²) in [5, 5.41) is 3.92. The highest BCUT2D eigenvalue weighted by molar-refractivity contribution is 7.99. The molecule has 0 unspecified atom stereocenters. The molecule has 2 aromatic rings. The summed E-state index contributed by atoms with van der Waals surface area (Å²) >= 11 is 1.89. The number of thioether (sulfide) groups is 1. The van der Waals surface area contributed by atoms with E-state index >= 15 is 0 Å². The van der Waals surface area contributed by atoms with Gasteiger partial charge in [0, 0.05) is 23.8 Å². The van der Waals surface area contributed by atoms with Crippen molar-refractivity contribution in [2.24, 2.45) is 5.92 Å². The van der Waals surface area contributed by atoms with Crippen LogP contribution in [0.5, 0.6) is 0 Å². The van der Waals surface area contributed by atoms with E-state index in [1.165, 1.54) is 42.6 Å². The van der Waals surface area contributed by atoms with Gasteiger partial charge in [0.15, 0.2) is 0 Å². The first-order chi connectivity index (χ1) is 14.7. The maximum atomic E-state index is 5.55. The predicted molar refractivity (Wildman–Crippen MR) is 132 cm³/mol. The highest BCUT2D eigenvalue weighted by atomic mass is 32.2. The van der Waals surface area contributed by atoms with Crippen LogP contribution in [0.15, 0.2) is 77.7 Å². The molecule has 0 spiro atoms. The highest BCUT2D eigenvalue weighted by Gasteiger charge is 2.20. The van der Waals surface area contributed by atoms with E-state index in [0.29, 0.717) is 18.6 Å². The summed E-state index contributed by atoms with van der Waals surface area (Å²) in [5.74, 6) is 1.49. The second-order valence-electron chi connectivity index (χ2n) is 7.95. The summed E-state index contributed by atoms with van der Waals surface area (Å²) in [6.07, 6.45) is 11.1. The molecule has 0 saturated heterocycles. The first-order valence-electron chi connectivity index (χ1n) is 11.4. The van der Waals surface area contributed by atoms with Gasteiger partial charge in [-0.25, -0.2) is 0 Å². The fourth-order valence-electron chi connectivity index (χ4n) is 3.71. The average Bonchev–Trinajstić information content (AvgIpc) is 2.79. The molecule has 2 nitrogen and oxygen atoms in total. The minimum atomic E-state index is 0.224. The molecular formula is C27H39NOS. The molecule has 0 radical (unpaired) electrons. The predicted octanol–water partition coefficient (Wildman–Crippen LogP) is 7.29. The SMILES string of the molecule is CCCCCC[C@H](N[C@@H](COC)c1ccccc1)[C@H](C)/C=C\CSc1ccccc1. The van der Waals surface area contributed by atoms with Gasteiger partial charge in [-0.2, -0.15) is 0 Å². The van der Waals surface area contributed by atoms with Gasteiger partial charge in [0.25, 0.3) is 0 Å². The molecule has 30 heavy (non-hydrogen) atoms. The van der Waals surface area contributed by atoms with Gasteiger partial charge >= 0.3 is 0 Å². The number of hydrogen-bond acceptors (Lipinski definition) is 3. The van der Waals surface area contributed by atoms with Crippen LogP contribution in [0, 0.1) is 5.92 Å². The van der Waals surface area contributed by atoms with Crippen molar-refractivity contribution in [2.75, 3.05) is 19.5 Å². The molecular weight excluding hydrogens is 386 g/mol. The highest BCUT2D eigenvalue weighted by Crippen LogP contribution is 2.22. The normalized spacial score (nSPS) is 14.6. The molecule has 2 aromatic carbocycles. The van der Waals surface area contributed by atoms with Crippen molar-refractivity contribution in [3.8, 4) is 0 Å². The summed E-state index contributed by atoms with van der Waals surface area (Å²) in [4.78, 5) is 1.33. The van der Waals surface area contributed by atoms with Crippen LogP contribution in [0.1, 0.15) is 57.6 Å². The number of ether oxygens (including phenoxy) is 1. The van der Waals surface area contributed by atoms with Crippen molar-refractivity contribution < 1.29 is 4.74 Å². The number of unbranched alkanes of at least 4 members (excludes halogenated alkanes) is 3. The molecule has 0 heterocycles. The molecule has 164 valence electrons. The first kappa shape index (κ1) is 24.7. The Bertz CT molecular complexity index is 689. The van der Waals surface area contributed by atoms with Crippen LogP contribution >= 0.6 is 11.8 Å². The average molecular weight is 426 g/mol. The Morgan fingerprint density at radius 1 is 0.967 bits per heavy atom. The van der Waals surface area contributed by atoms with E-state index in [-0.39, 0.29) is 6.04 Å². The Kier molecular flexibility index (Phi) is 12.6. The second kappa shape index (κ2) is 15.3. The Morgan fingerprint density at radius 2 is 1.67 bits per heavy atom. The molecule has 0 fully saturated rings. The molecule has 3 heteroatoms. The van der Waals surface area contributed by atoms with Gasteiger partial charge in [0.1, 0.15) is 0 Å². The van der Waals surface area contributed by atoms with Crippen molar-refractivity contribution in [3.63, 3.8) is 0 Å². The molecule has 0 saturated carbocycles. The lowest BCUT2D eigenvalue weighted by molar-refractivity contribution is 0.155. The maximum Gasteiger partial charge on any atom is 0.0657 e. The fraction of sp³-hybridized carbons (Fsp3) is 0.481. The third kappa shape index (κ3) is 9.51. The quantitative estimate of drug-likeness (QED) is 0.184. The van der Waals surface area contributed by atoms with E-state index in [0.717, 1.165) is 5.75 Å². The van der Waals surface area contributed by atoms with Gasteiger partial charge in [-0.1, -0.05) is 100 Å². The van der Waals surface area contributed by atoms with Crippen LogP contribution in [0.2, 0.25) is 0 Å². The molecule has 0 aliphatic carbocycles. The van der Waals surface area contributed by atoms with E-state index < -0.39 is 0 Å². The van der Waals surface area contributed by atoms with Crippen molar-refractivity contribution >= 4 is 11.8 Å². The molecule has 0 amide bonds. The number of benzene rings is 2. The summed E-state index contributed by atoms with van der Waals surface area (Å²) in [6, 6.07) is 22.0. The fourth-order valence-corrected chi connectivity index (χ4v) is 4.45. The molecule has 0 bridgehead atoms. The number of rotatable bonds is 15. The summed E-state index contributed by atoms with van der Waals surface area (Å²) in [7, 11) is 1.79. The largest absolute Gasteiger partial charge is 0.383 e. The Labute approximate surface area is 188 Å². The molecule has 2 rings (SSSR count). The van der Waals surface area contributed by atoms with Gasteiger partial charge in [-0.05, 0) is 30.0 Å². The lowest BCUT2D eigenvalue weighted by Gasteiger charge is -2.29. The van der Waals surface area contributed by atoms with Gasteiger partial charge in [0.05, 0.1) is 12.6 Å². The Morgan fingerprint density at radius 3 is 2.33 bits per heavy atom. The van der Waals surface area contributed by atoms with Crippen LogP contribution < -0.4 is 5.32 Å². The standard InChI is InChI=1S/C27H39NOS/c1-4-5-6-13-20-26(28-27(22-29-3)24-16-9-7-10-17-24)23(2)15-14-21-30-25-18-11-8-12-19-25/h7-12,14-19,23,26-28H,4-6,13,20-22H2,1-3H3/b15-14-/t23-,26+,27+/m1/s1. The summed E-state index contributed by atoms with van der Waals surface area (Å²) in [5.41, 5.74) is 1.30. The Hall–Kier alpha value is -1.55. The molecule has 3 atom stereocenters. The van der Waals surface area contributed by atoms with E-state index in [1.54, 1.807) is 7.11 Å². The van der Waals surface area contributed by atoms with Gasteiger partial charge in [-0.3, -0.25) is 0 Å². The smallest absolute Gasteiger partial charge is 0.0657 e. The van der Waals surface area contributed by atoms with E-state index in [2.05, 4.69) is 92.0 Å². The number of nitrogens with one attached hydrogen (secondary N) is 1. The van der Waals surface area contributed by atoms with Crippen molar-refractivity contribution in [2.45, 2.75) is 62.9 Å². The van der Waals surface area contributed by atoms with Crippen molar-refractivity contribution in [1.82, 2.24) is 5.32 Å². The van der Waals surface area contributed by atoms with Crippen LogP contribution in [0.3, 0.4) is 0 Å². The minimum absolute atomic E-state index is 0.224. The zero-order valence-electron chi connectivity index (χ0n) is 18.9. The van der Waals surface area contributed by atoms with Crippen molar-refractivity contribution in [3.05, 3.63) is 78.4 Å². The third-order valence-corrected chi connectivity index (χ3v) is 6.45. The second-order valence-corrected chi connectivity index (χ2v) is 9.05. The first-order valence-corrected chi connectivity index (χ1v) is 12.4. The molecule has 0 aliphatic heterocycles. The van der Waals surface area contributed by atoms with Gasteiger partial charge in [-0.15, -0.1) is 11.8 Å². The van der Waals surface area contributed by atoms with Gasteiger partial charge in [0.2, 0.25) is 0 Å². The number of methoxy groups -OCH3 is 1. The van der Waals surface area contributed by atoms with E-state index in [9.17, 15) is 0 Å². The summed E-state index contributed by atoms with van der Waals surface area (Å²) < 4.78 is 5.55. The lowest BCUT2D eigenvalue weighted by Crippen LogP contribution is -2.39. The maximum absolute atomic E-state index is 5.55. The lowest BCUT2D eigenvalue weighted by atomic mass is 9.93. The zero-order valence-corrected chi connectivity index (χ0v) is 19.7. The number of hydrogen-bond donors (Lipinski definition) is 1. The zero-order chi connectivity index (χ0) is 21.4. The third-order valence-electron chi connectivity index (χ3n) is 5.48.